The van der Waals surface area contributed by atoms with Gasteiger partial charge in [0.25, 0.3) is 6.43 Å². The smallest absolute Gasteiger partial charge is 0.205 e. The van der Waals surface area contributed by atoms with Gasteiger partial charge in [-0.05, 0) is 12.1 Å². The lowest BCUT2D eigenvalue weighted by atomic mass is 10.2. The Morgan fingerprint density at radius 2 is 2.00 bits per heavy atom. The molecule has 0 saturated carbocycles. The highest BCUT2D eigenvalue weighted by Gasteiger charge is 2.05. The summed E-state index contributed by atoms with van der Waals surface area (Å²) in [6.45, 7) is 0. The van der Waals surface area contributed by atoms with Gasteiger partial charge in [-0.1, -0.05) is 23.7 Å². The SMILES string of the molecule is FC(F)c1cccc(Cl)c1. The largest absolute Gasteiger partial charge is 0.263 e. The second-order valence-corrected chi connectivity index (χ2v) is 2.29. The number of rotatable bonds is 1. The Kier molecular flexibility index (Phi) is 2.22. The van der Waals surface area contributed by atoms with Crippen LogP contribution in [0.2, 0.25) is 5.02 Å². The lowest BCUT2D eigenvalue weighted by Crippen LogP contribution is -1.81. The summed E-state index contributed by atoms with van der Waals surface area (Å²) in [7, 11) is 0. The number of hydrogen-bond donors (Lipinski definition) is 0. The lowest BCUT2D eigenvalue weighted by Gasteiger charge is -1.97. The first-order valence-corrected chi connectivity index (χ1v) is 3.11. The molecule has 0 nitrogen and oxygen atoms in total. The predicted octanol–water partition coefficient (Wildman–Crippen LogP) is 3.28. The van der Waals surface area contributed by atoms with Crippen molar-refractivity contribution in [2.75, 3.05) is 0 Å². The molecule has 0 unspecified atom stereocenters. The van der Waals surface area contributed by atoms with E-state index in [0.717, 1.165) is 0 Å². The molecule has 3 heteroatoms. The van der Waals surface area contributed by atoms with Gasteiger partial charge in [-0.25, -0.2) is 8.78 Å². The van der Waals surface area contributed by atoms with E-state index in [9.17, 15) is 8.78 Å². The average molecular weight is 163 g/mol. The zero-order valence-corrected chi connectivity index (χ0v) is 5.78. The van der Waals surface area contributed by atoms with E-state index in [0.29, 0.717) is 5.02 Å². The molecule has 0 heterocycles. The molecule has 0 aromatic heterocycles. The molecule has 1 rings (SSSR count). The maximum Gasteiger partial charge on any atom is 0.263 e. The van der Waals surface area contributed by atoms with Gasteiger partial charge in [0.1, 0.15) is 0 Å². The van der Waals surface area contributed by atoms with Crippen molar-refractivity contribution >= 4 is 11.6 Å². The summed E-state index contributed by atoms with van der Waals surface area (Å²) < 4.78 is 23.8. The molecule has 0 aliphatic heterocycles. The van der Waals surface area contributed by atoms with E-state index in [1.807, 2.05) is 0 Å². The molecule has 10 heavy (non-hydrogen) atoms. The van der Waals surface area contributed by atoms with Crippen LogP contribution in [0.1, 0.15) is 12.0 Å². The second kappa shape index (κ2) is 2.97. The Bertz CT molecular complexity index is 223. The Hall–Kier alpha value is -0.630. The van der Waals surface area contributed by atoms with Crippen molar-refractivity contribution in [1.82, 2.24) is 0 Å². The molecule has 54 valence electrons. The van der Waals surface area contributed by atoms with Gasteiger partial charge in [-0.3, -0.25) is 0 Å². The maximum atomic E-state index is 11.9. The van der Waals surface area contributed by atoms with E-state index in [1.165, 1.54) is 18.2 Å². The van der Waals surface area contributed by atoms with Crippen LogP contribution in [-0.2, 0) is 0 Å². The molecule has 0 bridgehead atoms. The maximum absolute atomic E-state index is 11.9. The number of benzene rings is 1. The fraction of sp³-hybridized carbons (Fsp3) is 0.143. The summed E-state index contributed by atoms with van der Waals surface area (Å²) in [5.41, 5.74) is -0.0347. The van der Waals surface area contributed by atoms with Crippen molar-refractivity contribution in [3.8, 4) is 0 Å². The Balaban J connectivity index is 2.96. The van der Waals surface area contributed by atoms with E-state index in [-0.39, 0.29) is 5.56 Å². The van der Waals surface area contributed by atoms with E-state index in [1.54, 1.807) is 6.07 Å². The monoisotopic (exact) mass is 162 g/mol. The highest BCUT2D eigenvalue weighted by atomic mass is 35.5. The van der Waals surface area contributed by atoms with Gasteiger partial charge in [0.05, 0.1) is 0 Å². The summed E-state index contributed by atoms with van der Waals surface area (Å²) >= 11 is 5.46. The van der Waals surface area contributed by atoms with Crippen LogP contribution in [0.3, 0.4) is 0 Å². The van der Waals surface area contributed by atoms with E-state index in [2.05, 4.69) is 0 Å². The molecule has 0 spiro atoms. The first-order valence-electron chi connectivity index (χ1n) is 2.74. The predicted molar refractivity (Wildman–Crippen MR) is 36.4 cm³/mol. The lowest BCUT2D eigenvalue weighted by molar-refractivity contribution is 0.151. The third kappa shape index (κ3) is 1.67. The summed E-state index contributed by atoms with van der Waals surface area (Å²) in [5.74, 6) is 0. The Morgan fingerprint density at radius 1 is 1.30 bits per heavy atom. The van der Waals surface area contributed by atoms with Gasteiger partial charge in [0.15, 0.2) is 0 Å². The van der Waals surface area contributed by atoms with Gasteiger partial charge in [0.2, 0.25) is 0 Å². The molecule has 0 aliphatic carbocycles. The fourth-order valence-electron chi connectivity index (χ4n) is 0.642. The number of alkyl halides is 2. The molecular weight excluding hydrogens is 158 g/mol. The summed E-state index contributed by atoms with van der Waals surface area (Å²) in [6.07, 6.45) is -2.43. The van der Waals surface area contributed by atoms with Gasteiger partial charge < -0.3 is 0 Å². The van der Waals surface area contributed by atoms with E-state index in [4.69, 9.17) is 11.6 Å². The second-order valence-electron chi connectivity index (χ2n) is 1.86. The molecule has 1 aromatic rings. The van der Waals surface area contributed by atoms with Gasteiger partial charge in [-0.15, -0.1) is 0 Å². The quantitative estimate of drug-likeness (QED) is 0.595. The summed E-state index contributed by atoms with van der Waals surface area (Å²) in [6, 6.07) is 5.67. The van der Waals surface area contributed by atoms with E-state index < -0.39 is 6.43 Å². The van der Waals surface area contributed by atoms with Gasteiger partial charge >= 0.3 is 0 Å². The zero-order chi connectivity index (χ0) is 7.56. The average Bonchev–Trinajstić information content (AvgIpc) is 1.88. The molecule has 0 aliphatic rings. The van der Waals surface area contributed by atoms with Crippen molar-refractivity contribution in [2.45, 2.75) is 6.43 Å². The first kappa shape index (κ1) is 7.48. The minimum absolute atomic E-state index is 0.0347. The molecule has 0 fully saturated rings. The fourth-order valence-corrected chi connectivity index (χ4v) is 0.841. The highest BCUT2D eigenvalue weighted by Crippen LogP contribution is 2.21. The van der Waals surface area contributed by atoms with Crippen LogP contribution >= 0.6 is 11.6 Å². The molecule has 0 atom stereocenters. The van der Waals surface area contributed by atoms with Crippen molar-refractivity contribution in [3.05, 3.63) is 34.9 Å². The van der Waals surface area contributed by atoms with Crippen LogP contribution < -0.4 is 0 Å². The van der Waals surface area contributed by atoms with Crippen LogP contribution in [0, 0.1) is 0 Å². The van der Waals surface area contributed by atoms with Crippen molar-refractivity contribution < 1.29 is 8.78 Å². The van der Waals surface area contributed by atoms with Crippen molar-refractivity contribution in [2.24, 2.45) is 0 Å². The molecular formula is C7H5ClF2. The van der Waals surface area contributed by atoms with Gasteiger partial charge in [0, 0.05) is 10.6 Å². The molecule has 0 saturated heterocycles. The van der Waals surface area contributed by atoms with E-state index >= 15 is 0 Å². The Morgan fingerprint density at radius 3 is 2.40 bits per heavy atom. The van der Waals surface area contributed by atoms with Crippen LogP contribution in [0.4, 0.5) is 8.78 Å². The normalized spacial score (nSPS) is 10.4. The van der Waals surface area contributed by atoms with Crippen molar-refractivity contribution in [3.63, 3.8) is 0 Å². The minimum Gasteiger partial charge on any atom is -0.205 e. The summed E-state index contributed by atoms with van der Waals surface area (Å²) in [5, 5.41) is 0.345. The zero-order valence-electron chi connectivity index (χ0n) is 5.02. The standard InChI is InChI=1S/C7H5ClF2/c8-6-3-1-2-5(4-6)7(9)10/h1-4,7H. The number of hydrogen-bond acceptors (Lipinski definition) is 0. The van der Waals surface area contributed by atoms with Crippen LogP contribution in [0.25, 0.3) is 0 Å². The number of halogens is 3. The van der Waals surface area contributed by atoms with Crippen LogP contribution in [0.15, 0.2) is 24.3 Å². The third-order valence-corrected chi connectivity index (χ3v) is 1.34. The van der Waals surface area contributed by atoms with Crippen LogP contribution in [0.5, 0.6) is 0 Å². The molecule has 0 radical (unpaired) electrons. The summed E-state index contributed by atoms with van der Waals surface area (Å²) in [4.78, 5) is 0. The molecule has 0 N–H and O–H groups in total. The Labute approximate surface area is 62.4 Å². The van der Waals surface area contributed by atoms with Gasteiger partial charge in [-0.2, -0.15) is 0 Å². The third-order valence-electron chi connectivity index (χ3n) is 1.10. The molecule has 1 aromatic carbocycles. The van der Waals surface area contributed by atoms with Crippen LogP contribution in [-0.4, -0.2) is 0 Å². The first-order chi connectivity index (χ1) is 4.70. The molecule has 0 amide bonds. The minimum atomic E-state index is -2.43. The highest BCUT2D eigenvalue weighted by molar-refractivity contribution is 6.30. The van der Waals surface area contributed by atoms with Crippen molar-refractivity contribution in [1.29, 1.82) is 0 Å². The topological polar surface area (TPSA) is 0 Å².